The van der Waals surface area contributed by atoms with Crippen LogP contribution in [-0.4, -0.2) is 19.9 Å². The fourth-order valence-electron chi connectivity index (χ4n) is 2.49. The molecule has 0 amide bonds. The number of benzene rings is 1. The van der Waals surface area contributed by atoms with Gasteiger partial charge in [0.05, 0.1) is 11.6 Å². The molecular formula is C22H29BrN2O2Si-. The van der Waals surface area contributed by atoms with Gasteiger partial charge in [0.2, 0.25) is 5.88 Å². The maximum absolute atomic E-state index is 9.42. The number of rotatable bonds is 8. The molecule has 4 nitrogen and oxygen atoms in total. The number of hydrogen-bond acceptors (Lipinski definition) is 4. The van der Waals surface area contributed by atoms with Gasteiger partial charge in [0.15, 0.2) is 0 Å². The maximum Gasteiger partial charge on any atom is 0.214 e. The van der Waals surface area contributed by atoms with Crippen molar-refractivity contribution < 1.29 is 9.16 Å². The van der Waals surface area contributed by atoms with Gasteiger partial charge in [-0.1, -0.05) is 39.0 Å². The summed E-state index contributed by atoms with van der Waals surface area (Å²) >= 11 is 3.34. The molecule has 0 saturated heterocycles. The fourth-order valence-corrected chi connectivity index (χ4v) is 3.90. The topological polar surface area (TPSA) is 55.1 Å². The molecule has 0 saturated carbocycles. The largest absolute Gasteiger partial charge is 0.564 e. The van der Waals surface area contributed by atoms with Crippen LogP contribution in [0, 0.1) is 11.3 Å². The van der Waals surface area contributed by atoms with Crippen molar-refractivity contribution >= 4 is 24.2 Å². The predicted molar refractivity (Wildman–Crippen MR) is 119 cm³/mol. The van der Waals surface area contributed by atoms with E-state index in [0.717, 1.165) is 40.7 Å². The van der Waals surface area contributed by atoms with Crippen LogP contribution in [0.2, 0.25) is 18.1 Å². The van der Waals surface area contributed by atoms with Crippen molar-refractivity contribution in [2.24, 2.45) is 0 Å². The molecule has 0 fully saturated rings. The zero-order valence-corrected chi connectivity index (χ0v) is 20.0. The third-order valence-corrected chi connectivity index (χ3v) is 10.2. The van der Waals surface area contributed by atoms with Gasteiger partial charge in [-0.15, -0.1) is 18.1 Å². The summed E-state index contributed by atoms with van der Waals surface area (Å²) in [7, 11) is -1.73. The standard InChI is InChI=1S/C22H29BrN2O2Si/c1-22(2,3)28(4,5)27-13-7-8-18-14-17(11-12-19(18)15-24)16-26-21-10-6-9-20(23)25-21/h6,9-12,14H,7-8,13,16H2,1-5H3/q-1. The molecule has 0 radical (unpaired) electrons. The zero-order chi connectivity index (χ0) is 20.8. The number of halogens is 1. The highest BCUT2D eigenvalue weighted by atomic mass is 79.9. The quantitative estimate of drug-likeness (QED) is 0.265. The van der Waals surface area contributed by atoms with E-state index < -0.39 is 8.32 Å². The Hall–Kier alpha value is -1.68. The SMILES string of the molecule is CC(C)(C)[Si-](C)(C)OCCCc1cc(COc2cccc(Br)n2)ccc1C#N. The van der Waals surface area contributed by atoms with Gasteiger partial charge >= 0.3 is 0 Å². The number of pyridine rings is 1. The van der Waals surface area contributed by atoms with E-state index in [1.165, 1.54) is 0 Å². The van der Waals surface area contributed by atoms with Crippen LogP contribution in [0.15, 0.2) is 41.0 Å². The Morgan fingerprint density at radius 3 is 2.57 bits per heavy atom. The Kier molecular flexibility index (Phi) is 7.82. The lowest BCUT2D eigenvalue weighted by atomic mass is 10.0. The molecule has 151 valence electrons. The second kappa shape index (κ2) is 9.68. The summed E-state index contributed by atoms with van der Waals surface area (Å²) in [5, 5.41) is 9.63. The summed E-state index contributed by atoms with van der Waals surface area (Å²) in [5.41, 5.74) is 2.79. The number of nitrogens with zero attached hydrogens (tertiary/aromatic N) is 2. The van der Waals surface area contributed by atoms with Crippen LogP contribution in [0.1, 0.15) is 43.9 Å². The molecule has 0 unspecified atom stereocenters. The Labute approximate surface area is 178 Å². The monoisotopic (exact) mass is 460 g/mol. The normalized spacial score (nSPS) is 11.9. The lowest BCUT2D eigenvalue weighted by molar-refractivity contribution is 0.282. The summed E-state index contributed by atoms with van der Waals surface area (Å²) in [5.74, 6) is 0.572. The third-order valence-electron chi connectivity index (χ3n) is 5.23. The molecule has 0 aliphatic carbocycles. The number of aryl methyl sites for hydroxylation is 1. The van der Waals surface area contributed by atoms with Crippen LogP contribution >= 0.6 is 15.9 Å². The molecular weight excluding hydrogens is 432 g/mol. The highest BCUT2D eigenvalue weighted by molar-refractivity contribution is 9.10. The van der Waals surface area contributed by atoms with E-state index in [-0.39, 0.29) is 5.04 Å². The van der Waals surface area contributed by atoms with E-state index in [0.29, 0.717) is 12.5 Å². The molecule has 0 aliphatic rings. The van der Waals surface area contributed by atoms with Crippen LogP contribution in [0.5, 0.6) is 5.88 Å². The minimum absolute atomic E-state index is 0.211. The molecule has 0 N–H and O–H groups in total. The zero-order valence-electron chi connectivity index (χ0n) is 17.4. The smallest absolute Gasteiger partial charge is 0.214 e. The first-order valence-electron chi connectivity index (χ1n) is 9.53. The van der Waals surface area contributed by atoms with E-state index in [1.54, 1.807) is 0 Å². The lowest BCUT2D eigenvalue weighted by Gasteiger charge is -2.48. The molecule has 1 aromatic carbocycles. The molecule has 1 aromatic heterocycles. The van der Waals surface area contributed by atoms with Crippen LogP contribution < -0.4 is 4.74 Å². The van der Waals surface area contributed by atoms with E-state index >= 15 is 0 Å². The minimum Gasteiger partial charge on any atom is -0.564 e. The molecule has 0 spiro atoms. The van der Waals surface area contributed by atoms with Crippen molar-refractivity contribution in [3.8, 4) is 11.9 Å². The minimum atomic E-state index is -1.73. The van der Waals surface area contributed by atoms with Gasteiger partial charge in [-0.3, -0.25) is 0 Å². The van der Waals surface area contributed by atoms with E-state index in [9.17, 15) is 5.26 Å². The summed E-state index contributed by atoms with van der Waals surface area (Å²) in [6.07, 6.45) is 1.72. The Balaban J connectivity index is 1.96. The van der Waals surface area contributed by atoms with Crippen molar-refractivity contribution in [3.63, 3.8) is 0 Å². The first kappa shape index (κ1) is 22.6. The van der Waals surface area contributed by atoms with Crippen molar-refractivity contribution in [3.05, 3.63) is 57.7 Å². The highest BCUT2D eigenvalue weighted by Crippen LogP contribution is 2.36. The van der Waals surface area contributed by atoms with E-state index in [2.05, 4.69) is 66.9 Å². The Bertz CT molecular complexity index is 841. The summed E-state index contributed by atoms with van der Waals surface area (Å²) in [4.78, 5) is 4.28. The molecule has 6 heteroatoms. The van der Waals surface area contributed by atoms with Crippen LogP contribution in [0.4, 0.5) is 0 Å². The first-order valence-corrected chi connectivity index (χ1v) is 13.2. The molecule has 0 atom stereocenters. The van der Waals surface area contributed by atoms with Gasteiger partial charge < -0.3 is 9.16 Å². The highest BCUT2D eigenvalue weighted by Gasteiger charge is 2.24. The van der Waals surface area contributed by atoms with E-state index in [4.69, 9.17) is 9.16 Å². The summed E-state index contributed by atoms with van der Waals surface area (Å²) in [6, 6.07) is 13.7. The van der Waals surface area contributed by atoms with Gasteiger partial charge in [0.1, 0.15) is 11.2 Å². The number of aromatic nitrogens is 1. The first-order chi connectivity index (χ1) is 13.1. The summed E-state index contributed by atoms with van der Waals surface area (Å²) in [6.45, 7) is 12.4. The Morgan fingerprint density at radius 1 is 1.18 bits per heavy atom. The van der Waals surface area contributed by atoms with Crippen molar-refractivity contribution in [2.75, 3.05) is 6.61 Å². The number of ether oxygens (including phenoxy) is 1. The maximum atomic E-state index is 9.42. The molecule has 0 aliphatic heterocycles. The Morgan fingerprint density at radius 2 is 1.93 bits per heavy atom. The van der Waals surface area contributed by atoms with Gasteiger partial charge in [-0.05, 0) is 60.3 Å². The molecule has 2 rings (SSSR count). The van der Waals surface area contributed by atoms with Crippen molar-refractivity contribution in [1.82, 2.24) is 4.98 Å². The van der Waals surface area contributed by atoms with Crippen LogP contribution in [0.3, 0.4) is 0 Å². The average molecular weight is 461 g/mol. The lowest BCUT2D eigenvalue weighted by Crippen LogP contribution is -2.41. The number of nitriles is 1. The average Bonchev–Trinajstić information content (AvgIpc) is 2.63. The van der Waals surface area contributed by atoms with Gasteiger partial charge in [0.25, 0.3) is 0 Å². The van der Waals surface area contributed by atoms with Crippen molar-refractivity contribution in [1.29, 1.82) is 5.26 Å². The van der Waals surface area contributed by atoms with Gasteiger partial charge in [-0.2, -0.15) is 5.26 Å². The van der Waals surface area contributed by atoms with E-state index in [1.807, 2.05) is 30.3 Å². The summed E-state index contributed by atoms with van der Waals surface area (Å²) < 4.78 is 12.8. The molecule has 0 bridgehead atoms. The molecule has 28 heavy (non-hydrogen) atoms. The molecule has 2 aromatic rings. The second-order valence-electron chi connectivity index (χ2n) is 8.40. The van der Waals surface area contributed by atoms with Crippen molar-refractivity contribution in [2.45, 2.75) is 58.4 Å². The van der Waals surface area contributed by atoms with Gasteiger partial charge in [-0.25, -0.2) is 4.98 Å². The second-order valence-corrected chi connectivity index (χ2v) is 14.0. The predicted octanol–water partition coefficient (Wildman–Crippen LogP) is 6.25. The van der Waals surface area contributed by atoms with Crippen LogP contribution in [-0.2, 0) is 17.5 Å². The molecule has 1 heterocycles. The third kappa shape index (κ3) is 6.44. The van der Waals surface area contributed by atoms with Gasteiger partial charge in [0, 0.05) is 12.7 Å². The number of hydrogen-bond donors (Lipinski definition) is 0. The fraction of sp³-hybridized carbons (Fsp3) is 0.455. The van der Waals surface area contributed by atoms with Crippen LogP contribution in [0.25, 0.3) is 0 Å².